The van der Waals surface area contributed by atoms with Gasteiger partial charge in [-0.15, -0.1) is 0 Å². The minimum Gasteiger partial charge on any atom is -0.369 e. The number of benzene rings is 2. The van der Waals surface area contributed by atoms with Crippen LogP contribution in [-0.4, -0.2) is 86.8 Å². The van der Waals surface area contributed by atoms with E-state index in [0.29, 0.717) is 12.1 Å². The van der Waals surface area contributed by atoms with Crippen LogP contribution in [0.5, 0.6) is 0 Å². The highest BCUT2D eigenvalue weighted by Crippen LogP contribution is 2.20. The van der Waals surface area contributed by atoms with Gasteiger partial charge in [0.25, 0.3) is 0 Å². The van der Waals surface area contributed by atoms with Crippen molar-refractivity contribution in [3.63, 3.8) is 0 Å². The Kier molecular flexibility index (Phi) is 10.5. The lowest BCUT2D eigenvalue weighted by Crippen LogP contribution is -2.50. The van der Waals surface area contributed by atoms with Crippen molar-refractivity contribution in [1.82, 2.24) is 9.80 Å². The third-order valence-electron chi connectivity index (χ3n) is 7.20. The van der Waals surface area contributed by atoms with E-state index in [-0.39, 0.29) is 19.0 Å². The van der Waals surface area contributed by atoms with Gasteiger partial charge in [-0.05, 0) is 90.3 Å². The number of likely N-dealkylation sites (N-methyl/N-ethyl adjacent to an activating group) is 2. The average molecular weight is 481 g/mol. The maximum Gasteiger partial charge on any atom is 0.159 e. The molecule has 4 rings (SSSR count). The van der Waals surface area contributed by atoms with Gasteiger partial charge in [0.2, 0.25) is 0 Å². The van der Waals surface area contributed by atoms with Gasteiger partial charge in [0.1, 0.15) is 0 Å². The Labute approximate surface area is 212 Å². The van der Waals surface area contributed by atoms with E-state index < -0.39 is 0 Å². The van der Waals surface area contributed by atoms with Crippen molar-refractivity contribution in [2.24, 2.45) is 0 Å². The first kappa shape index (κ1) is 28.5. The Morgan fingerprint density at radius 3 is 1.20 bits per heavy atom. The Balaban J connectivity index is 0.000000240. The van der Waals surface area contributed by atoms with Crippen molar-refractivity contribution in [1.29, 1.82) is 0 Å². The molecule has 0 saturated carbocycles. The van der Waals surface area contributed by atoms with E-state index in [1.54, 1.807) is 13.8 Å². The lowest BCUT2D eigenvalue weighted by Gasteiger charge is -2.39. The number of anilines is 2. The van der Waals surface area contributed by atoms with Gasteiger partial charge in [0, 0.05) is 73.9 Å². The number of carbonyl (C=O) groups is 2. The molecule has 0 N–H and O–H groups in total. The lowest BCUT2D eigenvalue weighted by molar-refractivity contribution is 0.100. The summed E-state index contributed by atoms with van der Waals surface area (Å²) in [6.07, 6.45) is 0. The van der Waals surface area contributed by atoms with Gasteiger partial charge in [-0.2, -0.15) is 0 Å². The van der Waals surface area contributed by atoms with E-state index >= 15 is 0 Å². The van der Waals surface area contributed by atoms with Crippen LogP contribution in [0, 0.1) is 0 Å². The molecule has 0 radical (unpaired) electrons. The summed E-state index contributed by atoms with van der Waals surface area (Å²) in [5.41, 5.74) is 4.01. The number of piperazine rings is 2. The summed E-state index contributed by atoms with van der Waals surface area (Å²) >= 11 is 0. The summed E-state index contributed by atoms with van der Waals surface area (Å²) in [5.74, 6) is 0.256. The zero-order valence-corrected chi connectivity index (χ0v) is 21.6. The minimum atomic E-state index is 0. The van der Waals surface area contributed by atoms with Crippen LogP contribution in [-0.2, 0) is 0 Å². The number of nitrogens with zero attached hydrogens (tertiary/aromatic N) is 4. The largest absolute Gasteiger partial charge is 0.369 e. The van der Waals surface area contributed by atoms with Crippen molar-refractivity contribution < 1.29 is 9.59 Å². The number of rotatable bonds is 4. The number of Topliss-reactive ketones (excluding diaryl/α,β-unsaturated/α-hetero) is 2. The maximum atomic E-state index is 11.2. The van der Waals surface area contributed by atoms with Crippen LogP contribution < -0.4 is 9.80 Å². The minimum absolute atomic E-state index is 0. The fraction of sp³-hybridized carbons (Fsp3) is 0.517. The van der Waals surface area contributed by atoms with Crippen LogP contribution in [0.3, 0.4) is 0 Å². The molecule has 2 atom stereocenters. The van der Waals surface area contributed by atoms with E-state index in [1.807, 2.05) is 24.3 Å². The highest BCUT2D eigenvalue weighted by molar-refractivity contribution is 5.94. The van der Waals surface area contributed by atoms with E-state index in [4.69, 9.17) is 0 Å². The number of hydrogen-bond donors (Lipinski definition) is 0. The second kappa shape index (κ2) is 12.8. The topological polar surface area (TPSA) is 47.1 Å². The van der Waals surface area contributed by atoms with E-state index in [0.717, 1.165) is 50.4 Å². The van der Waals surface area contributed by atoms with Gasteiger partial charge in [0.15, 0.2) is 11.6 Å². The summed E-state index contributed by atoms with van der Waals surface area (Å²) in [5, 5.41) is 0. The Hall–Kier alpha value is -2.70. The molecule has 0 aromatic heterocycles. The molecule has 0 aliphatic carbocycles. The molecule has 2 aromatic rings. The molecule has 2 aromatic carbocycles. The molecule has 35 heavy (non-hydrogen) atoms. The van der Waals surface area contributed by atoms with Gasteiger partial charge in [-0.25, -0.2) is 0 Å². The summed E-state index contributed by atoms with van der Waals surface area (Å²) in [6.45, 7) is 14.1. The lowest BCUT2D eigenvalue weighted by atomic mass is 10.1. The third-order valence-corrected chi connectivity index (χ3v) is 7.20. The first-order chi connectivity index (χ1) is 16.2. The van der Waals surface area contributed by atoms with Gasteiger partial charge in [-0.3, -0.25) is 9.59 Å². The number of hydrogen-bond acceptors (Lipinski definition) is 6. The summed E-state index contributed by atoms with van der Waals surface area (Å²) in [4.78, 5) is 31.9. The molecule has 2 aliphatic heterocycles. The smallest absolute Gasteiger partial charge is 0.159 e. The van der Waals surface area contributed by atoms with Crippen molar-refractivity contribution in [2.75, 3.05) is 63.2 Å². The fourth-order valence-electron chi connectivity index (χ4n) is 4.38. The average Bonchev–Trinajstić information content (AvgIpc) is 2.83. The Bertz CT molecular complexity index is 878. The molecule has 6 heteroatoms. The molecule has 0 bridgehead atoms. The Morgan fingerprint density at radius 1 is 0.629 bits per heavy atom. The van der Waals surface area contributed by atoms with E-state index in [9.17, 15) is 9.59 Å². The van der Waals surface area contributed by atoms with Gasteiger partial charge in [-0.1, -0.05) is 7.43 Å². The summed E-state index contributed by atoms with van der Waals surface area (Å²) in [7, 11) is 4.34. The quantitative estimate of drug-likeness (QED) is 0.592. The first-order valence-electron chi connectivity index (χ1n) is 12.3. The van der Waals surface area contributed by atoms with E-state index in [2.05, 4.69) is 71.8 Å². The fourth-order valence-corrected chi connectivity index (χ4v) is 4.38. The molecule has 2 fully saturated rings. The monoisotopic (exact) mass is 480 g/mol. The zero-order chi connectivity index (χ0) is 24.8. The number of carbonyl (C=O) groups excluding carboxylic acids is 2. The van der Waals surface area contributed by atoms with Crippen LogP contribution >= 0.6 is 0 Å². The molecule has 2 saturated heterocycles. The standard InChI is InChI=1S/2C14H20N2O.CH4/c2*1-11-10-16(9-8-15(11)3)14-6-4-13(5-7-14)12(2)17;/h2*4-7,11H,8-10H2,1-3H3;1H4/t2*11-;/m10./s1. The molecule has 2 aliphatic rings. The van der Waals surface area contributed by atoms with Crippen molar-refractivity contribution in [3.8, 4) is 0 Å². The molecular formula is C29H44N4O2. The second-order valence-electron chi connectivity index (χ2n) is 9.76. The molecule has 0 spiro atoms. The summed E-state index contributed by atoms with van der Waals surface area (Å²) in [6, 6.07) is 17.0. The highest BCUT2D eigenvalue weighted by Gasteiger charge is 2.21. The van der Waals surface area contributed by atoms with Crippen LogP contribution in [0.1, 0.15) is 55.8 Å². The molecule has 0 amide bonds. The van der Waals surface area contributed by atoms with Crippen molar-refractivity contribution >= 4 is 22.9 Å². The van der Waals surface area contributed by atoms with E-state index in [1.165, 1.54) is 11.4 Å². The predicted molar refractivity (Wildman–Crippen MR) is 148 cm³/mol. The maximum absolute atomic E-state index is 11.2. The third kappa shape index (κ3) is 7.64. The predicted octanol–water partition coefficient (Wildman–Crippen LogP) is 4.70. The van der Waals surface area contributed by atoms with Gasteiger partial charge >= 0.3 is 0 Å². The normalized spacial score (nSPS) is 21.0. The molecular weight excluding hydrogens is 436 g/mol. The Morgan fingerprint density at radius 2 is 0.943 bits per heavy atom. The molecule has 6 nitrogen and oxygen atoms in total. The molecule has 2 heterocycles. The van der Waals surface area contributed by atoms with Crippen molar-refractivity contribution in [2.45, 2.75) is 47.2 Å². The van der Waals surface area contributed by atoms with Crippen LogP contribution in [0.15, 0.2) is 48.5 Å². The van der Waals surface area contributed by atoms with Gasteiger partial charge < -0.3 is 19.6 Å². The highest BCUT2D eigenvalue weighted by atomic mass is 16.1. The van der Waals surface area contributed by atoms with Gasteiger partial charge in [0.05, 0.1) is 0 Å². The zero-order valence-electron chi connectivity index (χ0n) is 21.6. The van der Waals surface area contributed by atoms with Crippen molar-refractivity contribution in [3.05, 3.63) is 59.7 Å². The summed E-state index contributed by atoms with van der Waals surface area (Å²) < 4.78 is 0. The molecule has 0 unspecified atom stereocenters. The molecule has 192 valence electrons. The number of ketones is 2. The first-order valence-corrected chi connectivity index (χ1v) is 12.3. The van der Waals surface area contributed by atoms with Crippen LogP contribution in [0.4, 0.5) is 11.4 Å². The van der Waals surface area contributed by atoms with Crippen LogP contribution in [0.2, 0.25) is 0 Å². The SMILES string of the molecule is C.CC(=O)c1ccc(N2CCN(C)[C@@H](C)C2)cc1.CC(=O)c1ccc(N2CCN(C)[C@H](C)C2)cc1. The second-order valence-corrected chi connectivity index (χ2v) is 9.76. The van der Waals surface area contributed by atoms with Crippen LogP contribution in [0.25, 0.3) is 0 Å².